The fraction of sp³-hybridized carbons (Fsp3) is 0.500. The molecule has 5 heteroatoms. The maximum Gasteiger partial charge on any atom is 0.200 e. The summed E-state index contributed by atoms with van der Waals surface area (Å²) in [5.74, 6) is -1.14. The first-order valence-electron chi connectivity index (χ1n) is 5.79. The second kappa shape index (κ2) is 5.25. The molecule has 0 amide bonds. The number of phenolic OH excluding ortho intramolecular Hbond substituents is 3. The molecule has 1 aliphatic rings. The lowest BCUT2D eigenvalue weighted by molar-refractivity contribution is -0.0246. The molecular weight excluding hydrogens is 222 g/mol. The van der Waals surface area contributed by atoms with E-state index in [4.69, 9.17) is 9.94 Å². The Morgan fingerprint density at radius 1 is 1.12 bits per heavy atom. The summed E-state index contributed by atoms with van der Waals surface area (Å²) < 4.78 is 0. The summed E-state index contributed by atoms with van der Waals surface area (Å²) in [6.07, 6.45) is 4.73. The van der Waals surface area contributed by atoms with E-state index in [0.29, 0.717) is 5.56 Å². The fourth-order valence-corrected chi connectivity index (χ4v) is 2.00. The molecule has 0 aliphatic heterocycles. The van der Waals surface area contributed by atoms with E-state index in [1.807, 2.05) is 0 Å². The van der Waals surface area contributed by atoms with E-state index >= 15 is 0 Å². The van der Waals surface area contributed by atoms with Gasteiger partial charge in [0.25, 0.3) is 0 Å². The zero-order chi connectivity index (χ0) is 12.3. The largest absolute Gasteiger partial charge is 0.504 e. The molecule has 0 heterocycles. The van der Waals surface area contributed by atoms with Crippen molar-refractivity contribution in [3.05, 3.63) is 17.7 Å². The molecule has 0 radical (unpaired) electrons. The second-order valence-electron chi connectivity index (χ2n) is 4.29. The minimum absolute atomic E-state index is 0.239. The van der Waals surface area contributed by atoms with Crippen LogP contribution in [0, 0.1) is 0 Å². The van der Waals surface area contributed by atoms with Crippen molar-refractivity contribution < 1.29 is 20.2 Å². The first-order chi connectivity index (χ1) is 8.18. The van der Waals surface area contributed by atoms with Crippen LogP contribution in [0.25, 0.3) is 0 Å². The Labute approximate surface area is 99.6 Å². The Bertz CT molecular complexity index is 388. The lowest BCUT2D eigenvalue weighted by atomic mass is 10.2. The highest BCUT2D eigenvalue weighted by Crippen LogP contribution is 2.36. The van der Waals surface area contributed by atoms with Gasteiger partial charge in [0.1, 0.15) is 0 Å². The Kier molecular flexibility index (Phi) is 3.71. The molecule has 5 nitrogen and oxygen atoms in total. The average Bonchev–Trinajstić information content (AvgIpc) is 2.82. The van der Waals surface area contributed by atoms with Gasteiger partial charge in [-0.15, -0.1) is 0 Å². The van der Waals surface area contributed by atoms with Gasteiger partial charge in [0.15, 0.2) is 11.5 Å². The van der Waals surface area contributed by atoms with Gasteiger partial charge in [-0.2, -0.15) is 5.48 Å². The molecule has 17 heavy (non-hydrogen) atoms. The van der Waals surface area contributed by atoms with Gasteiger partial charge >= 0.3 is 0 Å². The van der Waals surface area contributed by atoms with Crippen molar-refractivity contribution in [1.82, 2.24) is 5.48 Å². The molecule has 4 N–H and O–H groups in total. The van der Waals surface area contributed by atoms with Gasteiger partial charge in [-0.1, -0.05) is 12.8 Å². The summed E-state index contributed by atoms with van der Waals surface area (Å²) in [7, 11) is 0. The third-order valence-corrected chi connectivity index (χ3v) is 3.03. The van der Waals surface area contributed by atoms with E-state index in [1.54, 1.807) is 0 Å². The number of nitrogens with one attached hydrogen (secondary N) is 1. The predicted octanol–water partition coefficient (Wildman–Crippen LogP) is 1.77. The highest BCUT2D eigenvalue weighted by atomic mass is 16.7. The Morgan fingerprint density at radius 3 is 2.53 bits per heavy atom. The van der Waals surface area contributed by atoms with Crippen LogP contribution < -0.4 is 5.48 Å². The van der Waals surface area contributed by atoms with E-state index < -0.39 is 5.75 Å². The van der Waals surface area contributed by atoms with Gasteiger partial charge in [0.2, 0.25) is 5.75 Å². The molecule has 2 rings (SSSR count). The SMILES string of the molecule is Oc1ccc(CNOC2CCCC2)c(O)c1O. The Morgan fingerprint density at radius 2 is 1.82 bits per heavy atom. The monoisotopic (exact) mass is 239 g/mol. The smallest absolute Gasteiger partial charge is 0.200 e. The van der Waals surface area contributed by atoms with E-state index in [-0.39, 0.29) is 24.1 Å². The van der Waals surface area contributed by atoms with Crippen LogP contribution in [0.5, 0.6) is 17.2 Å². The third kappa shape index (κ3) is 2.81. The maximum absolute atomic E-state index is 9.56. The molecule has 0 spiro atoms. The number of hydroxylamine groups is 1. The van der Waals surface area contributed by atoms with Crippen LogP contribution >= 0.6 is 0 Å². The lowest BCUT2D eigenvalue weighted by Gasteiger charge is -2.13. The van der Waals surface area contributed by atoms with Gasteiger partial charge in [0, 0.05) is 12.1 Å². The summed E-state index contributed by atoms with van der Waals surface area (Å²) >= 11 is 0. The van der Waals surface area contributed by atoms with Crippen molar-refractivity contribution >= 4 is 0 Å². The quantitative estimate of drug-likeness (QED) is 0.475. The number of benzene rings is 1. The van der Waals surface area contributed by atoms with E-state index in [9.17, 15) is 10.2 Å². The maximum atomic E-state index is 9.56. The summed E-state index contributed by atoms with van der Waals surface area (Å²) in [5.41, 5.74) is 3.26. The molecule has 0 atom stereocenters. The number of rotatable bonds is 4. The molecule has 0 aromatic heterocycles. The zero-order valence-corrected chi connectivity index (χ0v) is 9.52. The molecule has 1 aliphatic carbocycles. The molecule has 1 fully saturated rings. The lowest BCUT2D eigenvalue weighted by Crippen LogP contribution is -2.21. The van der Waals surface area contributed by atoms with E-state index in [0.717, 1.165) is 12.8 Å². The molecule has 1 saturated carbocycles. The normalized spacial score (nSPS) is 16.5. The highest BCUT2D eigenvalue weighted by Gasteiger charge is 2.16. The van der Waals surface area contributed by atoms with Crippen molar-refractivity contribution in [2.45, 2.75) is 38.3 Å². The van der Waals surface area contributed by atoms with Crippen molar-refractivity contribution in [3.63, 3.8) is 0 Å². The standard InChI is InChI=1S/C12H17NO4/c14-10-6-5-8(11(15)12(10)16)7-13-17-9-3-1-2-4-9/h5-6,9,13-16H,1-4,7H2. The first-order valence-corrected chi connectivity index (χ1v) is 5.79. The van der Waals surface area contributed by atoms with E-state index in [1.165, 1.54) is 25.0 Å². The fourth-order valence-electron chi connectivity index (χ4n) is 2.00. The predicted molar refractivity (Wildman–Crippen MR) is 61.6 cm³/mol. The second-order valence-corrected chi connectivity index (χ2v) is 4.29. The van der Waals surface area contributed by atoms with Crippen molar-refractivity contribution in [2.75, 3.05) is 0 Å². The van der Waals surface area contributed by atoms with Crippen LogP contribution in [0.15, 0.2) is 12.1 Å². The van der Waals surface area contributed by atoms with Gasteiger partial charge < -0.3 is 15.3 Å². The topological polar surface area (TPSA) is 82.0 Å². The van der Waals surface area contributed by atoms with Crippen LogP contribution in [0.2, 0.25) is 0 Å². The van der Waals surface area contributed by atoms with Gasteiger partial charge in [0.05, 0.1) is 6.10 Å². The Balaban J connectivity index is 1.88. The highest BCUT2D eigenvalue weighted by molar-refractivity contribution is 5.52. The van der Waals surface area contributed by atoms with Crippen molar-refractivity contribution in [3.8, 4) is 17.2 Å². The van der Waals surface area contributed by atoms with Crippen molar-refractivity contribution in [1.29, 1.82) is 0 Å². The molecule has 0 unspecified atom stereocenters. The van der Waals surface area contributed by atoms with Gasteiger partial charge in [-0.25, -0.2) is 0 Å². The van der Waals surface area contributed by atoms with Crippen LogP contribution in [0.4, 0.5) is 0 Å². The van der Waals surface area contributed by atoms with Crippen LogP contribution in [0.3, 0.4) is 0 Å². The van der Waals surface area contributed by atoms with Crippen LogP contribution in [0.1, 0.15) is 31.2 Å². The first kappa shape index (κ1) is 12.0. The minimum atomic E-state index is -0.495. The van der Waals surface area contributed by atoms with Crippen molar-refractivity contribution in [2.24, 2.45) is 0 Å². The average molecular weight is 239 g/mol. The summed E-state index contributed by atoms with van der Waals surface area (Å²) in [5, 5.41) is 28.1. The molecule has 0 saturated heterocycles. The summed E-state index contributed by atoms with van der Waals surface area (Å²) in [4.78, 5) is 5.43. The summed E-state index contributed by atoms with van der Waals surface area (Å²) in [6.45, 7) is 0.288. The molecular formula is C12H17NO4. The molecule has 0 bridgehead atoms. The molecule has 94 valence electrons. The minimum Gasteiger partial charge on any atom is -0.504 e. The van der Waals surface area contributed by atoms with Gasteiger partial charge in [-0.05, 0) is 25.0 Å². The number of phenols is 3. The Hall–Kier alpha value is -1.46. The van der Waals surface area contributed by atoms with Crippen LogP contribution in [-0.2, 0) is 11.4 Å². The van der Waals surface area contributed by atoms with Gasteiger partial charge in [-0.3, -0.25) is 4.84 Å². The summed E-state index contributed by atoms with van der Waals surface area (Å²) in [6, 6.07) is 2.87. The molecule has 1 aromatic rings. The number of hydrogen-bond donors (Lipinski definition) is 4. The number of aromatic hydroxyl groups is 3. The molecule has 1 aromatic carbocycles. The van der Waals surface area contributed by atoms with Crippen LogP contribution in [-0.4, -0.2) is 21.4 Å². The zero-order valence-electron chi connectivity index (χ0n) is 9.52. The van der Waals surface area contributed by atoms with E-state index in [2.05, 4.69) is 5.48 Å². The number of hydrogen-bond acceptors (Lipinski definition) is 5. The third-order valence-electron chi connectivity index (χ3n) is 3.03.